The third-order valence-electron chi connectivity index (χ3n) is 3.64. The van der Waals surface area contributed by atoms with E-state index in [-0.39, 0.29) is 5.95 Å². The van der Waals surface area contributed by atoms with Gasteiger partial charge in [-0.3, -0.25) is 0 Å². The fraction of sp³-hybridized carbons (Fsp3) is 0.267. The number of nitrogens with one attached hydrogen (secondary N) is 1. The highest BCUT2D eigenvalue weighted by molar-refractivity contribution is 5.87. The largest absolute Gasteiger partial charge is 0.493 e. The first kappa shape index (κ1) is 15.7. The molecule has 0 amide bonds. The molecule has 0 atom stereocenters. The molecule has 3 rings (SSSR count). The Hall–Kier alpha value is -3.23. The highest BCUT2D eigenvalue weighted by Crippen LogP contribution is 2.42. The Morgan fingerprint density at radius 2 is 1.71 bits per heavy atom. The summed E-state index contributed by atoms with van der Waals surface area (Å²) in [5.41, 5.74) is 7.74. The van der Waals surface area contributed by atoms with Crippen molar-refractivity contribution in [1.82, 2.24) is 19.9 Å². The van der Waals surface area contributed by atoms with Crippen LogP contribution in [0.15, 0.2) is 18.5 Å². The lowest BCUT2D eigenvalue weighted by atomic mass is 10.2. The number of fused-ring (bicyclic) bond motifs is 1. The van der Waals surface area contributed by atoms with Crippen molar-refractivity contribution in [2.75, 3.05) is 39.0 Å². The van der Waals surface area contributed by atoms with Crippen LogP contribution < -0.4 is 24.8 Å². The van der Waals surface area contributed by atoms with Crippen molar-refractivity contribution in [2.45, 2.75) is 0 Å². The van der Waals surface area contributed by atoms with Crippen LogP contribution in [0.3, 0.4) is 0 Å². The average molecular weight is 330 g/mol. The molecule has 0 saturated carbocycles. The van der Waals surface area contributed by atoms with Gasteiger partial charge in [0.15, 0.2) is 23.0 Å². The molecule has 24 heavy (non-hydrogen) atoms. The number of aromatic nitrogens is 4. The van der Waals surface area contributed by atoms with Gasteiger partial charge in [-0.25, -0.2) is 4.98 Å². The molecule has 0 aliphatic heterocycles. The van der Waals surface area contributed by atoms with E-state index in [0.717, 1.165) is 5.69 Å². The van der Waals surface area contributed by atoms with Crippen LogP contribution in [0.5, 0.6) is 17.2 Å². The van der Waals surface area contributed by atoms with Gasteiger partial charge in [0.25, 0.3) is 0 Å². The Kier molecular flexibility index (Phi) is 3.98. The van der Waals surface area contributed by atoms with E-state index in [4.69, 9.17) is 19.9 Å². The molecule has 0 fully saturated rings. The van der Waals surface area contributed by atoms with Gasteiger partial charge in [-0.1, -0.05) is 0 Å². The van der Waals surface area contributed by atoms with Crippen LogP contribution in [0, 0.1) is 0 Å². The van der Waals surface area contributed by atoms with Gasteiger partial charge in [-0.05, 0) is 0 Å². The van der Waals surface area contributed by atoms with Crippen LogP contribution in [0.1, 0.15) is 0 Å². The van der Waals surface area contributed by atoms with Crippen molar-refractivity contribution >= 4 is 28.6 Å². The molecule has 2 aromatic heterocycles. The lowest BCUT2D eigenvalue weighted by molar-refractivity contribution is 0.324. The number of nitrogen functional groups attached to an aromatic ring is 1. The summed E-state index contributed by atoms with van der Waals surface area (Å²) in [6.45, 7) is 0. The second-order valence-electron chi connectivity index (χ2n) is 4.95. The molecule has 3 aromatic rings. The van der Waals surface area contributed by atoms with E-state index in [2.05, 4.69) is 19.9 Å². The minimum Gasteiger partial charge on any atom is -0.493 e. The maximum Gasteiger partial charge on any atom is 0.224 e. The number of benzene rings is 1. The van der Waals surface area contributed by atoms with Crippen molar-refractivity contribution < 1.29 is 14.2 Å². The highest BCUT2D eigenvalue weighted by Gasteiger charge is 2.19. The van der Waals surface area contributed by atoms with Crippen molar-refractivity contribution in [3.05, 3.63) is 18.5 Å². The van der Waals surface area contributed by atoms with Crippen molar-refractivity contribution in [3.63, 3.8) is 0 Å². The van der Waals surface area contributed by atoms with Gasteiger partial charge in [0.2, 0.25) is 11.7 Å². The van der Waals surface area contributed by atoms with E-state index in [0.29, 0.717) is 34.2 Å². The Bertz CT molecular complexity index is 854. The van der Waals surface area contributed by atoms with Crippen LogP contribution in [0.2, 0.25) is 0 Å². The van der Waals surface area contributed by atoms with E-state index in [1.54, 1.807) is 27.7 Å². The van der Waals surface area contributed by atoms with Crippen LogP contribution >= 0.6 is 0 Å². The first-order valence-corrected chi connectivity index (χ1v) is 7.09. The van der Waals surface area contributed by atoms with E-state index in [1.807, 2.05) is 24.1 Å². The zero-order chi connectivity index (χ0) is 17.3. The number of hydrogen-bond donors (Lipinski definition) is 2. The molecule has 3 N–H and O–H groups in total. The summed E-state index contributed by atoms with van der Waals surface area (Å²) < 4.78 is 16.1. The second-order valence-corrected chi connectivity index (χ2v) is 4.95. The molecule has 0 aliphatic rings. The molecule has 126 valence electrons. The highest BCUT2D eigenvalue weighted by atomic mass is 16.5. The SMILES string of the molecule is COc1cc(N(C)c2nc(N)nc3nc[nH]c23)cc(OC)c1OC. The summed E-state index contributed by atoms with van der Waals surface area (Å²) in [5.74, 6) is 2.34. The summed E-state index contributed by atoms with van der Waals surface area (Å²) in [6, 6.07) is 3.64. The Morgan fingerprint density at radius 1 is 1.04 bits per heavy atom. The Morgan fingerprint density at radius 3 is 2.29 bits per heavy atom. The molecule has 9 heteroatoms. The number of aromatic amines is 1. The number of nitrogens with two attached hydrogens (primary N) is 1. The topological polar surface area (TPSA) is 111 Å². The minimum atomic E-state index is 0.142. The molecular weight excluding hydrogens is 312 g/mol. The Labute approximate surface area is 138 Å². The van der Waals surface area contributed by atoms with Crippen molar-refractivity contribution in [1.29, 1.82) is 0 Å². The maximum absolute atomic E-state index is 5.79. The average Bonchev–Trinajstić information content (AvgIpc) is 3.07. The number of nitrogens with zero attached hydrogens (tertiary/aromatic N) is 4. The van der Waals surface area contributed by atoms with E-state index >= 15 is 0 Å². The van der Waals surface area contributed by atoms with E-state index < -0.39 is 0 Å². The van der Waals surface area contributed by atoms with Gasteiger partial charge >= 0.3 is 0 Å². The zero-order valence-electron chi connectivity index (χ0n) is 13.8. The molecule has 2 heterocycles. The fourth-order valence-corrected chi connectivity index (χ4v) is 2.46. The fourth-order valence-electron chi connectivity index (χ4n) is 2.46. The predicted octanol–water partition coefficient (Wildman–Crippen LogP) is 1.73. The number of imidazole rings is 1. The second kappa shape index (κ2) is 6.11. The van der Waals surface area contributed by atoms with Gasteiger partial charge in [0.05, 0.1) is 27.7 Å². The van der Waals surface area contributed by atoms with Crippen molar-refractivity contribution in [3.8, 4) is 17.2 Å². The van der Waals surface area contributed by atoms with Crippen LogP contribution in [0.25, 0.3) is 11.2 Å². The third kappa shape index (κ3) is 2.49. The normalized spacial score (nSPS) is 10.7. The molecule has 9 nitrogen and oxygen atoms in total. The Balaban J connectivity index is 2.15. The number of hydrogen-bond acceptors (Lipinski definition) is 8. The molecule has 0 spiro atoms. The summed E-state index contributed by atoms with van der Waals surface area (Å²) in [5, 5.41) is 0. The standard InChI is InChI=1S/C15H18N6O3/c1-21(14-11-13(18-7-17-11)19-15(16)20-14)8-5-9(22-2)12(24-4)10(6-8)23-3/h5-7H,1-4H3,(H3,16,17,18,19,20). The number of ether oxygens (including phenoxy) is 3. The van der Waals surface area contributed by atoms with Gasteiger partial charge in [-0.15, -0.1) is 0 Å². The number of anilines is 3. The van der Waals surface area contributed by atoms with Gasteiger partial charge in [0.1, 0.15) is 5.52 Å². The lowest BCUT2D eigenvalue weighted by Crippen LogP contribution is -2.14. The summed E-state index contributed by atoms with van der Waals surface area (Å²) in [4.78, 5) is 17.4. The summed E-state index contributed by atoms with van der Waals surface area (Å²) in [6.07, 6.45) is 1.55. The lowest BCUT2D eigenvalue weighted by Gasteiger charge is -2.21. The monoisotopic (exact) mass is 330 g/mol. The predicted molar refractivity (Wildman–Crippen MR) is 90.3 cm³/mol. The van der Waals surface area contributed by atoms with Crippen LogP contribution in [-0.2, 0) is 0 Å². The maximum atomic E-state index is 5.79. The number of methoxy groups -OCH3 is 3. The summed E-state index contributed by atoms with van der Waals surface area (Å²) >= 11 is 0. The first-order valence-electron chi connectivity index (χ1n) is 7.09. The first-order chi connectivity index (χ1) is 11.6. The van der Waals surface area contributed by atoms with E-state index in [9.17, 15) is 0 Å². The summed E-state index contributed by atoms with van der Waals surface area (Å²) in [7, 11) is 6.54. The van der Waals surface area contributed by atoms with Gasteiger partial charge in [0, 0.05) is 24.9 Å². The molecule has 0 saturated heterocycles. The third-order valence-corrected chi connectivity index (χ3v) is 3.64. The molecule has 0 unspecified atom stereocenters. The molecule has 0 aliphatic carbocycles. The molecule has 0 bridgehead atoms. The zero-order valence-corrected chi connectivity index (χ0v) is 13.8. The minimum absolute atomic E-state index is 0.142. The molecule has 1 aromatic carbocycles. The molecular formula is C15H18N6O3. The number of H-pyrrole nitrogens is 1. The molecule has 0 radical (unpaired) electrons. The van der Waals surface area contributed by atoms with Gasteiger partial charge < -0.3 is 29.8 Å². The van der Waals surface area contributed by atoms with E-state index in [1.165, 1.54) is 0 Å². The smallest absolute Gasteiger partial charge is 0.224 e. The van der Waals surface area contributed by atoms with Crippen LogP contribution in [-0.4, -0.2) is 48.3 Å². The quantitative estimate of drug-likeness (QED) is 0.727. The number of rotatable bonds is 5. The van der Waals surface area contributed by atoms with Crippen LogP contribution in [0.4, 0.5) is 17.5 Å². The van der Waals surface area contributed by atoms with Gasteiger partial charge in [-0.2, -0.15) is 9.97 Å². The van der Waals surface area contributed by atoms with Crippen molar-refractivity contribution in [2.24, 2.45) is 0 Å².